The molecule has 0 fully saturated rings. The number of benzene rings is 1. The van der Waals surface area contributed by atoms with E-state index in [0.717, 1.165) is 37.5 Å². The van der Waals surface area contributed by atoms with Crippen LogP contribution in [0.4, 0.5) is 0 Å². The Bertz CT molecular complexity index is 1520. The molecule has 0 aliphatic heterocycles. The summed E-state index contributed by atoms with van der Waals surface area (Å²) in [5.74, 6) is 4.67. The molecule has 0 saturated heterocycles. The Morgan fingerprint density at radius 3 is 2.66 bits per heavy atom. The van der Waals surface area contributed by atoms with Crippen molar-refractivity contribution in [2.45, 2.75) is 69.4 Å². The molecule has 0 spiro atoms. The van der Waals surface area contributed by atoms with Gasteiger partial charge in [-0.2, -0.15) is 0 Å². The maximum absolute atomic E-state index is 6.91. The van der Waals surface area contributed by atoms with Crippen LogP contribution in [0.15, 0.2) is 132 Å². The first-order valence-corrected chi connectivity index (χ1v) is 17.5. The highest BCUT2D eigenvalue weighted by Gasteiger charge is 2.46. The predicted molar refractivity (Wildman–Crippen MR) is 184 cm³/mol. The van der Waals surface area contributed by atoms with Crippen molar-refractivity contribution in [2.75, 3.05) is 0 Å². The maximum atomic E-state index is 6.91. The average Bonchev–Trinajstić information content (AvgIpc) is 3.08. The third-order valence-electron chi connectivity index (χ3n) is 12.1. The molecule has 0 heterocycles. The first-order valence-electron chi connectivity index (χ1n) is 17.5. The zero-order valence-corrected chi connectivity index (χ0v) is 26.0. The van der Waals surface area contributed by atoms with E-state index in [-0.39, 0.29) is 12.1 Å². The Kier molecular flexibility index (Phi) is 7.80. The second-order valence-corrected chi connectivity index (χ2v) is 14.4. The maximum Gasteiger partial charge on any atom is 0.0516 e. The van der Waals surface area contributed by atoms with Gasteiger partial charge in [0, 0.05) is 17.7 Å². The Morgan fingerprint density at radius 1 is 0.818 bits per heavy atom. The minimum absolute atomic E-state index is 0.201. The second kappa shape index (κ2) is 12.2. The van der Waals surface area contributed by atoms with Gasteiger partial charge < -0.3 is 11.1 Å². The van der Waals surface area contributed by atoms with Gasteiger partial charge in [-0.05, 0) is 121 Å². The van der Waals surface area contributed by atoms with Crippen LogP contribution in [0.2, 0.25) is 0 Å². The molecule has 1 aromatic carbocycles. The number of hydrogen-bond acceptors (Lipinski definition) is 2. The highest BCUT2D eigenvalue weighted by Crippen LogP contribution is 2.55. The predicted octanol–water partition coefficient (Wildman–Crippen LogP) is 8.81. The van der Waals surface area contributed by atoms with Crippen LogP contribution in [0.1, 0.15) is 62.0 Å². The zero-order chi connectivity index (χ0) is 29.5. The molecule has 10 unspecified atom stereocenters. The molecule has 8 rings (SSSR count). The van der Waals surface area contributed by atoms with E-state index in [0.29, 0.717) is 35.5 Å². The van der Waals surface area contributed by atoms with Crippen LogP contribution in [0.3, 0.4) is 0 Å². The number of rotatable bonds is 6. The fourth-order valence-corrected chi connectivity index (χ4v) is 9.89. The molecule has 0 saturated carbocycles. The third kappa shape index (κ3) is 5.30. The second-order valence-electron chi connectivity index (χ2n) is 14.4. The van der Waals surface area contributed by atoms with E-state index < -0.39 is 0 Å². The molecular formula is C42H48N2. The fourth-order valence-electron chi connectivity index (χ4n) is 9.89. The van der Waals surface area contributed by atoms with Crippen LogP contribution in [-0.4, -0.2) is 12.1 Å². The van der Waals surface area contributed by atoms with Crippen molar-refractivity contribution in [1.82, 2.24) is 5.32 Å². The summed E-state index contributed by atoms with van der Waals surface area (Å²) in [7, 11) is 0. The van der Waals surface area contributed by atoms with Gasteiger partial charge in [0.25, 0.3) is 0 Å². The number of hydrogen-bond donors (Lipinski definition) is 2. The molecule has 0 radical (unpaired) electrons. The van der Waals surface area contributed by atoms with E-state index in [1.165, 1.54) is 37.0 Å². The topological polar surface area (TPSA) is 38.0 Å². The fraction of sp³-hybridized carbons (Fsp3) is 0.429. The van der Waals surface area contributed by atoms with Gasteiger partial charge in [0.1, 0.15) is 0 Å². The standard InChI is InChI=1S/C42H48N2/c43-40(27-32-14-9-13-28-10-1-4-15-34(28)32)30-20-23-33(24-21-30)44-41-19-8-7-18-37(41)39-26-31-12-3-5-16-35(31)38-25-22-29-11-2-6-17-36(29)42(38)39/h1-4,6-13,17-20,23-24,26,30,32,34-35,37-42,44H,5,14-16,21-22,25,27,43H2. The summed E-state index contributed by atoms with van der Waals surface area (Å²) in [5.41, 5.74) is 14.5. The smallest absolute Gasteiger partial charge is 0.0516 e. The van der Waals surface area contributed by atoms with Gasteiger partial charge >= 0.3 is 0 Å². The lowest BCUT2D eigenvalue weighted by molar-refractivity contribution is 0.180. The highest BCUT2D eigenvalue weighted by molar-refractivity contribution is 5.42. The Labute approximate surface area is 264 Å². The van der Waals surface area contributed by atoms with Crippen molar-refractivity contribution < 1.29 is 0 Å². The number of aryl methyl sites for hydroxylation is 1. The van der Waals surface area contributed by atoms with Crippen molar-refractivity contribution in [3.63, 3.8) is 0 Å². The van der Waals surface area contributed by atoms with Crippen LogP contribution in [0, 0.1) is 41.4 Å². The number of fused-ring (bicyclic) bond motifs is 6. The van der Waals surface area contributed by atoms with Gasteiger partial charge in [-0.1, -0.05) is 109 Å². The molecule has 44 heavy (non-hydrogen) atoms. The van der Waals surface area contributed by atoms with Crippen LogP contribution in [-0.2, 0) is 6.42 Å². The molecule has 0 aromatic heterocycles. The first-order chi connectivity index (χ1) is 21.7. The van der Waals surface area contributed by atoms with Crippen molar-refractivity contribution >= 4 is 0 Å². The van der Waals surface area contributed by atoms with Crippen molar-refractivity contribution in [1.29, 1.82) is 0 Å². The molecule has 7 aliphatic rings. The SMILES string of the molecule is NC(CC1CC=CC2=CC=CCC21)C1C=CC(NC2C=CC=CC2C2C=C3C=CCCC3C3CCc4ccccc4C23)=CC1. The monoisotopic (exact) mass is 580 g/mol. The molecule has 0 amide bonds. The molecule has 3 N–H and O–H groups in total. The van der Waals surface area contributed by atoms with Crippen LogP contribution in [0.25, 0.3) is 0 Å². The van der Waals surface area contributed by atoms with Gasteiger partial charge in [0.2, 0.25) is 0 Å². The van der Waals surface area contributed by atoms with E-state index in [4.69, 9.17) is 5.73 Å². The van der Waals surface area contributed by atoms with Gasteiger partial charge in [-0.25, -0.2) is 0 Å². The lowest BCUT2D eigenvalue weighted by Crippen LogP contribution is -2.45. The molecule has 10 atom stereocenters. The lowest BCUT2D eigenvalue weighted by Gasteiger charge is -2.49. The van der Waals surface area contributed by atoms with Crippen LogP contribution >= 0.6 is 0 Å². The van der Waals surface area contributed by atoms with Gasteiger partial charge in [0.15, 0.2) is 0 Å². The Morgan fingerprint density at radius 2 is 1.73 bits per heavy atom. The summed E-state index contributed by atoms with van der Waals surface area (Å²) >= 11 is 0. The number of allylic oxidation sites excluding steroid dienone is 14. The minimum atomic E-state index is 0.201. The van der Waals surface area contributed by atoms with Crippen molar-refractivity contribution in [3.8, 4) is 0 Å². The lowest BCUT2D eigenvalue weighted by atomic mass is 9.55. The van der Waals surface area contributed by atoms with E-state index in [9.17, 15) is 0 Å². The van der Waals surface area contributed by atoms with Crippen molar-refractivity contribution in [3.05, 3.63) is 143 Å². The average molecular weight is 581 g/mol. The molecule has 7 aliphatic carbocycles. The number of nitrogens with two attached hydrogens (primary N) is 1. The Balaban J connectivity index is 0.983. The molecule has 2 heteroatoms. The van der Waals surface area contributed by atoms with E-state index in [1.807, 2.05) is 0 Å². The first kappa shape index (κ1) is 28.1. The zero-order valence-electron chi connectivity index (χ0n) is 26.0. The quantitative estimate of drug-likeness (QED) is 0.353. The van der Waals surface area contributed by atoms with E-state index >= 15 is 0 Å². The molecule has 1 aromatic rings. The summed E-state index contributed by atoms with van der Waals surface area (Å²) in [5, 5.41) is 4.00. The summed E-state index contributed by atoms with van der Waals surface area (Å²) in [6, 6.07) is 9.83. The van der Waals surface area contributed by atoms with Gasteiger partial charge in [-0.3, -0.25) is 0 Å². The van der Waals surface area contributed by atoms with Crippen molar-refractivity contribution in [2.24, 2.45) is 47.2 Å². The molecule has 2 nitrogen and oxygen atoms in total. The summed E-state index contributed by atoms with van der Waals surface area (Å²) < 4.78 is 0. The van der Waals surface area contributed by atoms with E-state index in [2.05, 4.69) is 121 Å². The van der Waals surface area contributed by atoms with E-state index in [1.54, 1.807) is 16.7 Å². The largest absolute Gasteiger partial charge is 0.378 e. The minimum Gasteiger partial charge on any atom is -0.378 e. The van der Waals surface area contributed by atoms with Crippen LogP contribution in [0.5, 0.6) is 0 Å². The molecule has 0 bridgehead atoms. The summed E-state index contributed by atoms with van der Waals surface area (Å²) in [6.45, 7) is 0. The van der Waals surface area contributed by atoms with Crippen LogP contribution < -0.4 is 11.1 Å². The Hall–Kier alpha value is -3.36. The molecule has 226 valence electrons. The highest BCUT2D eigenvalue weighted by atomic mass is 14.9. The van der Waals surface area contributed by atoms with Gasteiger partial charge in [0.05, 0.1) is 6.04 Å². The normalized spacial score (nSPS) is 37.1. The summed E-state index contributed by atoms with van der Waals surface area (Å²) in [4.78, 5) is 0. The molecular weight excluding hydrogens is 532 g/mol. The number of nitrogens with one attached hydrogen (secondary N) is 1. The van der Waals surface area contributed by atoms with Gasteiger partial charge in [-0.15, -0.1) is 0 Å². The third-order valence-corrected chi connectivity index (χ3v) is 12.1. The summed E-state index contributed by atoms with van der Waals surface area (Å²) in [6.07, 6.45) is 45.2.